The minimum atomic E-state index is -1.53. The van der Waals surface area contributed by atoms with Crippen LogP contribution in [0.15, 0.2) is 60.7 Å². The molecule has 0 atom stereocenters. The van der Waals surface area contributed by atoms with Gasteiger partial charge in [-0.25, -0.2) is 4.98 Å². The second-order valence-corrected chi connectivity index (χ2v) is 4.48. The molecule has 0 aliphatic rings. The first kappa shape index (κ1) is 12.7. The molecular weight excluding hydrogens is 251 g/mol. The van der Waals surface area contributed by atoms with Gasteiger partial charge in [-0.15, -0.1) is 0 Å². The standard InChI is InChI=1S/C15H13BN2O2/c19-16(20)13-8-4-5-11-9-10-14(18-15(11)13)17-12-6-2-1-3-7-12/h1-10,19-20H,(H,17,18). The Kier molecular flexibility index (Phi) is 3.37. The van der Waals surface area contributed by atoms with Gasteiger partial charge in [-0.3, -0.25) is 0 Å². The van der Waals surface area contributed by atoms with Crippen molar-refractivity contribution in [2.45, 2.75) is 0 Å². The van der Waals surface area contributed by atoms with Crippen LogP contribution in [0.5, 0.6) is 0 Å². The molecule has 5 heteroatoms. The van der Waals surface area contributed by atoms with Crippen molar-refractivity contribution in [3.05, 3.63) is 60.7 Å². The molecule has 0 aliphatic carbocycles. The summed E-state index contributed by atoms with van der Waals surface area (Å²) in [6.45, 7) is 0. The zero-order valence-electron chi connectivity index (χ0n) is 10.7. The van der Waals surface area contributed by atoms with Gasteiger partial charge in [-0.05, 0) is 29.7 Å². The van der Waals surface area contributed by atoms with E-state index in [9.17, 15) is 10.0 Å². The molecule has 4 nitrogen and oxygen atoms in total. The molecule has 0 fully saturated rings. The lowest BCUT2D eigenvalue weighted by atomic mass is 9.79. The Morgan fingerprint density at radius 3 is 2.40 bits per heavy atom. The SMILES string of the molecule is OB(O)c1cccc2ccc(Nc3ccccc3)nc12. The summed E-state index contributed by atoms with van der Waals surface area (Å²) in [5.74, 6) is 0.664. The molecule has 3 rings (SSSR count). The van der Waals surface area contributed by atoms with Crippen LogP contribution >= 0.6 is 0 Å². The Balaban J connectivity index is 2.03. The summed E-state index contributed by atoms with van der Waals surface area (Å²) in [5.41, 5.74) is 1.92. The highest BCUT2D eigenvalue weighted by Gasteiger charge is 2.15. The first-order valence-corrected chi connectivity index (χ1v) is 6.32. The number of para-hydroxylation sites is 2. The summed E-state index contributed by atoms with van der Waals surface area (Å²) >= 11 is 0. The van der Waals surface area contributed by atoms with Gasteiger partial charge in [-0.1, -0.05) is 36.4 Å². The quantitative estimate of drug-likeness (QED) is 0.629. The largest absolute Gasteiger partial charge is 0.490 e. The first-order chi connectivity index (χ1) is 9.74. The van der Waals surface area contributed by atoms with Gasteiger partial charge in [0, 0.05) is 11.2 Å². The predicted molar refractivity (Wildman–Crippen MR) is 81.3 cm³/mol. The molecule has 0 saturated carbocycles. The summed E-state index contributed by atoms with van der Waals surface area (Å²) in [4.78, 5) is 4.46. The number of nitrogens with zero attached hydrogens (tertiary/aromatic N) is 1. The number of benzene rings is 2. The van der Waals surface area contributed by atoms with Crippen LogP contribution in [-0.2, 0) is 0 Å². The third-order valence-electron chi connectivity index (χ3n) is 3.08. The molecule has 0 amide bonds. The van der Waals surface area contributed by atoms with E-state index in [1.165, 1.54) is 0 Å². The van der Waals surface area contributed by atoms with Gasteiger partial charge in [0.25, 0.3) is 0 Å². The summed E-state index contributed by atoms with van der Waals surface area (Å²) in [6.07, 6.45) is 0. The third kappa shape index (κ3) is 2.50. The Morgan fingerprint density at radius 1 is 0.850 bits per heavy atom. The van der Waals surface area contributed by atoms with E-state index in [2.05, 4.69) is 10.3 Å². The molecule has 0 radical (unpaired) electrons. The van der Waals surface area contributed by atoms with Gasteiger partial charge < -0.3 is 15.4 Å². The van der Waals surface area contributed by atoms with Gasteiger partial charge >= 0.3 is 7.12 Å². The van der Waals surface area contributed by atoms with Crippen LogP contribution in [0.4, 0.5) is 11.5 Å². The van der Waals surface area contributed by atoms with Crippen LogP contribution in [0.3, 0.4) is 0 Å². The maximum absolute atomic E-state index is 9.40. The number of pyridine rings is 1. The second kappa shape index (κ2) is 5.32. The summed E-state index contributed by atoms with van der Waals surface area (Å²) in [6, 6.07) is 18.8. The monoisotopic (exact) mass is 264 g/mol. The van der Waals surface area contributed by atoms with E-state index < -0.39 is 7.12 Å². The van der Waals surface area contributed by atoms with Crippen LogP contribution in [0.25, 0.3) is 10.9 Å². The maximum Gasteiger partial charge on any atom is 0.490 e. The van der Waals surface area contributed by atoms with Gasteiger partial charge in [-0.2, -0.15) is 0 Å². The highest BCUT2D eigenvalue weighted by molar-refractivity contribution is 6.61. The molecular formula is C15H13BN2O2. The van der Waals surface area contributed by atoms with Crippen molar-refractivity contribution in [3.63, 3.8) is 0 Å². The van der Waals surface area contributed by atoms with Crippen molar-refractivity contribution in [1.82, 2.24) is 4.98 Å². The zero-order chi connectivity index (χ0) is 13.9. The molecule has 1 aromatic heterocycles. The molecule has 0 bridgehead atoms. The van der Waals surface area contributed by atoms with E-state index in [1.54, 1.807) is 12.1 Å². The van der Waals surface area contributed by atoms with E-state index in [1.807, 2.05) is 48.5 Å². The minimum absolute atomic E-state index is 0.402. The smallest absolute Gasteiger partial charge is 0.423 e. The van der Waals surface area contributed by atoms with Gasteiger partial charge in [0.15, 0.2) is 0 Å². The van der Waals surface area contributed by atoms with Crippen molar-refractivity contribution in [3.8, 4) is 0 Å². The highest BCUT2D eigenvalue weighted by Crippen LogP contribution is 2.17. The zero-order valence-corrected chi connectivity index (χ0v) is 10.7. The van der Waals surface area contributed by atoms with Gasteiger partial charge in [0.2, 0.25) is 0 Å². The normalized spacial score (nSPS) is 10.5. The molecule has 3 aromatic rings. The summed E-state index contributed by atoms with van der Waals surface area (Å²) in [5, 5.41) is 22.9. The van der Waals surface area contributed by atoms with E-state index in [0.717, 1.165) is 11.1 Å². The number of aromatic nitrogens is 1. The van der Waals surface area contributed by atoms with E-state index >= 15 is 0 Å². The Hall–Kier alpha value is -2.37. The second-order valence-electron chi connectivity index (χ2n) is 4.48. The fourth-order valence-corrected chi connectivity index (χ4v) is 2.12. The average molecular weight is 264 g/mol. The van der Waals surface area contributed by atoms with E-state index in [4.69, 9.17) is 0 Å². The van der Waals surface area contributed by atoms with Crippen molar-refractivity contribution in [1.29, 1.82) is 0 Å². The fraction of sp³-hybridized carbons (Fsp3) is 0. The lowest BCUT2D eigenvalue weighted by Crippen LogP contribution is -2.30. The molecule has 1 heterocycles. The molecule has 20 heavy (non-hydrogen) atoms. The van der Waals surface area contributed by atoms with E-state index in [0.29, 0.717) is 16.8 Å². The van der Waals surface area contributed by atoms with Gasteiger partial charge in [0.05, 0.1) is 5.52 Å². The average Bonchev–Trinajstić information content (AvgIpc) is 2.47. The Labute approximate surface area is 116 Å². The van der Waals surface area contributed by atoms with Crippen molar-refractivity contribution < 1.29 is 10.0 Å². The molecule has 0 aliphatic heterocycles. The molecule has 2 aromatic carbocycles. The molecule has 0 spiro atoms. The van der Waals surface area contributed by atoms with Crippen LogP contribution in [0, 0.1) is 0 Å². The first-order valence-electron chi connectivity index (χ1n) is 6.32. The van der Waals surface area contributed by atoms with Crippen LogP contribution in [-0.4, -0.2) is 22.2 Å². The number of anilines is 2. The topological polar surface area (TPSA) is 65.4 Å². The molecule has 98 valence electrons. The number of hydrogen-bond donors (Lipinski definition) is 3. The summed E-state index contributed by atoms with van der Waals surface area (Å²) < 4.78 is 0. The minimum Gasteiger partial charge on any atom is -0.423 e. The Bertz CT molecular complexity index is 732. The van der Waals surface area contributed by atoms with Gasteiger partial charge in [0.1, 0.15) is 5.82 Å². The van der Waals surface area contributed by atoms with Crippen molar-refractivity contribution in [2.24, 2.45) is 0 Å². The van der Waals surface area contributed by atoms with E-state index in [-0.39, 0.29) is 0 Å². The molecule has 3 N–H and O–H groups in total. The van der Waals surface area contributed by atoms with Crippen LogP contribution in [0.1, 0.15) is 0 Å². The predicted octanol–water partition coefficient (Wildman–Crippen LogP) is 1.66. The molecule has 0 unspecified atom stereocenters. The highest BCUT2D eigenvalue weighted by atomic mass is 16.4. The Morgan fingerprint density at radius 2 is 1.65 bits per heavy atom. The number of rotatable bonds is 3. The summed E-state index contributed by atoms with van der Waals surface area (Å²) in [7, 11) is -1.53. The van der Waals surface area contributed by atoms with Crippen molar-refractivity contribution in [2.75, 3.05) is 5.32 Å². The lowest BCUT2D eigenvalue weighted by Gasteiger charge is -2.09. The number of hydrogen-bond acceptors (Lipinski definition) is 4. The lowest BCUT2D eigenvalue weighted by molar-refractivity contribution is 0.426. The van der Waals surface area contributed by atoms with Crippen LogP contribution < -0.4 is 10.8 Å². The number of nitrogens with one attached hydrogen (secondary N) is 1. The third-order valence-corrected chi connectivity index (χ3v) is 3.08. The number of fused-ring (bicyclic) bond motifs is 1. The van der Waals surface area contributed by atoms with Crippen molar-refractivity contribution >= 4 is 35.0 Å². The van der Waals surface area contributed by atoms with Crippen LogP contribution in [0.2, 0.25) is 0 Å². The molecule has 0 saturated heterocycles. The fourth-order valence-electron chi connectivity index (χ4n) is 2.12. The maximum atomic E-state index is 9.40.